The van der Waals surface area contributed by atoms with Gasteiger partial charge >= 0.3 is 0 Å². The Hall–Kier alpha value is -2.30. The average molecular weight is 204 g/mol. The molecule has 1 heterocycles. The number of phenols is 1. The molecule has 5 heteroatoms. The molecule has 0 saturated heterocycles. The molecule has 0 atom stereocenters. The Morgan fingerprint density at radius 2 is 2.33 bits per heavy atom. The normalized spacial score (nSPS) is 9.87. The van der Waals surface area contributed by atoms with Crippen LogP contribution < -0.4 is 5.32 Å². The summed E-state index contributed by atoms with van der Waals surface area (Å²) < 4.78 is 4.56. The zero-order valence-electron chi connectivity index (χ0n) is 7.68. The quantitative estimate of drug-likeness (QED) is 0.779. The van der Waals surface area contributed by atoms with Crippen LogP contribution in [0.1, 0.15) is 10.4 Å². The van der Waals surface area contributed by atoms with Gasteiger partial charge in [0, 0.05) is 5.56 Å². The van der Waals surface area contributed by atoms with E-state index in [1.54, 1.807) is 12.1 Å². The van der Waals surface area contributed by atoms with Crippen molar-refractivity contribution in [3.8, 4) is 5.75 Å². The summed E-state index contributed by atoms with van der Waals surface area (Å²) >= 11 is 0. The summed E-state index contributed by atoms with van der Waals surface area (Å²) in [5.41, 5.74) is 0.847. The first kappa shape index (κ1) is 9.26. The number of phenolic OH excluding ortho intramolecular Hbond substituents is 1. The van der Waals surface area contributed by atoms with Crippen molar-refractivity contribution in [2.75, 3.05) is 5.32 Å². The molecule has 5 nitrogen and oxygen atoms in total. The van der Waals surface area contributed by atoms with E-state index in [-0.39, 0.29) is 11.7 Å². The molecule has 0 bridgehead atoms. The maximum atomic E-state index is 11.6. The number of carbonyl (C=O) groups excluding carboxylic acids is 1. The van der Waals surface area contributed by atoms with Crippen molar-refractivity contribution in [3.63, 3.8) is 0 Å². The van der Waals surface area contributed by atoms with Crippen LogP contribution in [0.25, 0.3) is 0 Å². The molecule has 0 aliphatic rings. The second kappa shape index (κ2) is 3.83. The monoisotopic (exact) mass is 204 g/mol. The second-order valence-electron chi connectivity index (χ2n) is 2.92. The third-order valence-electron chi connectivity index (χ3n) is 1.80. The topological polar surface area (TPSA) is 75.4 Å². The minimum absolute atomic E-state index is 0.0490. The first-order chi connectivity index (χ1) is 7.25. The fourth-order valence-electron chi connectivity index (χ4n) is 1.12. The number of benzene rings is 1. The lowest BCUT2D eigenvalue weighted by Gasteiger charge is -2.01. The van der Waals surface area contributed by atoms with Crippen molar-refractivity contribution in [3.05, 3.63) is 42.3 Å². The highest BCUT2D eigenvalue weighted by molar-refractivity contribution is 6.04. The lowest BCUT2D eigenvalue weighted by atomic mass is 10.2. The fourth-order valence-corrected chi connectivity index (χ4v) is 1.12. The average Bonchev–Trinajstić information content (AvgIpc) is 2.70. The molecule has 0 fully saturated rings. The van der Waals surface area contributed by atoms with E-state index >= 15 is 0 Å². The van der Waals surface area contributed by atoms with E-state index < -0.39 is 0 Å². The van der Waals surface area contributed by atoms with E-state index in [9.17, 15) is 9.90 Å². The Morgan fingerprint density at radius 3 is 3.00 bits per heavy atom. The van der Waals surface area contributed by atoms with Gasteiger partial charge < -0.3 is 14.9 Å². The van der Waals surface area contributed by atoms with Crippen LogP contribution in [-0.4, -0.2) is 16.2 Å². The lowest BCUT2D eigenvalue weighted by Crippen LogP contribution is -2.10. The van der Waals surface area contributed by atoms with Gasteiger partial charge in [0.2, 0.25) is 0 Å². The summed E-state index contributed by atoms with van der Waals surface area (Å²) in [7, 11) is 0. The molecular formula is C10H8N2O3. The van der Waals surface area contributed by atoms with Crippen LogP contribution in [-0.2, 0) is 0 Å². The van der Waals surface area contributed by atoms with Gasteiger partial charge in [0.1, 0.15) is 17.7 Å². The predicted octanol–water partition coefficient (Wildman–Crippen LogP) is 1.63. The third kappa shape index (κ3) is 2.14. The fraction of sp³-hybridized carbons (Fsp3) is 0. The molecule has 0 radical (unpaired) electrons. The molecule has 1 aromatic carbocycles. The molecule has 0 aliphatic carbocycles. The summed E-state index contributed by atoms with van der Waals surface area (Å²) in [6.07, 6.45) is 2.71. The zero-order chi connectivity index (χ0) is 10.7. The molecule has 1 aromatic heterocycles. The number of hydrogen-bond acceptors (Lipinski definition) is 4. The van der Waals surface area contributed by atoms with E-state index in [4.69, 9.17) is 0 Å². The SMILES string of the molecule is O=C(Nc1cnoc1)c1cccc(O)c1. The number of aromatic hydroxyl groups is 1. The van der Waals surface area contributed by atoms with Crippen LogP contribution >= 0.6 is 0 Å². The first-order valence-electron chi connectivity index (χ1n) is 4.25. The molecule has 0 saturated carbocycles. The largest absolute Gasteiger partial charge is 0.508 e. The van der Waals surface area contributed by atoms with Gasteiger partial charge in [0.05, 0.1) is 6.20 Å². The number of nitrogens with zero attached hydrogens (tertiary/aromatic N) is 1. The molecule has 2 aromatic rings. The number of hydrogen-bond donors (Lipinski definition) is 2. The van der Waals surface area contributed by atoms with Crippen molar-refractivity contribution < 1.29 is 14.4 Å². The molecule has 0 spiro atoms. The Labute approximate surface area is 85.3 Å². The predicted molar refractivity (Wildman–Crippen MR) is 52.6 cm³/mol. The Kier molecular flexibility index (Phi) is 2.37. The van der Waals surface area contributed by atoms with E-state index in [1.165, 1.54) is 24.6 Å². The molecule has 15 heavy (non-hydrogen) atoms. The minimum Gasteiger partial charge on any atom is -0.508 e. The molecule has 1 amide bonds. The number of amides is 1. The summed E-state index contributed by atoms with van der Waals surface area (Å²) in [5.74, 6) is -0.276. The van der Waals surface area contributed by atoms with Gasteiger partial charge in [-0.3, -0.25) is 4.79 Å². The summed E-state index contributed by atoms with van der Waals surface area (Å²) in [5, 5.41) is 15.2. The van der Waals surface area contributed by atoms with Crippen molar-refractivity contribution in [2.45, 2.75) is 0 Å². The van der Waals surface area contributed by atoms with Gasteiger partial charge in [-0.25, -0.2) is 0 Å². The second-order valence-corrected chi connectivity index (χ2v) is 2.92. The first-order valence-corrected chi connectivity index (χ1v) is 4.25. The molecule has 0 unspecified atom stereocenters. The number of rotatable bonds is 2. The van der Waals surface area contributed by atoms with Crippen LogP contribution in [0, 0.1) is 0 Å². The van der Waals surface area contributed by atoms with Crippen molar-refractivity contribution in [2.24, 2.45) is 0 Å². The highest BCUT2D eigenvalue weighted by atomic mass is 16.5. The van der Waals surface area contributed by atoms with Gasteiger partial charge in [-0.1, -0.05) is 11.2 Å². The van der Waals surface area contributed by atoms with E-state index in [0.29, 0.717) is 11.3 Å². The number of carbonyl (C=O) groups is 1. The zero-order valence-corrected chi connectivity index (χ0v) is 7.68. The van der Waals surface area contributed by atoms with Gasteiger partial charge in [-0.05, 0) is 18.2 Å². The Bertz CT molecular complexity index is 465. The molecular weight excluding hydrogens is 196 g/mol. The number of aromatic nitrogens is 1. The molecule has 0 aliphatic heterocycles. The van der Waals surface area contributed by atoms with Crippen LogP contribution in [0.5, 0.6) is 5.75 Å². The molecule has 2 rings (SSSR count). The lowest BCUT2D eigenvalue weighted by molar-refractivity contribution is 0.102. The van der Waals surface area contributed by atoms with Gasteiger partial charge in [0.25, 0.3) is 5.91 Å². The van der Waals surface area contributed by atoms with Crippen molar-refractivity contribution in [1.82, 2.24) is 5.16 Å². The van der Waals surface area contributed by atoms with Gasteiger partial charge in [-0.15, -0.1) is 0 Å². The maximum Gasteiger partial charge on any atom is 0.255 e. The highest BCUT2D eigenvalue weighted by Gasteiger charge is 2.07. The summed E-state index contributed by atoms with van der Waals surface area (Å²) in [6, 6.07) is 6.07. The maximum absolute atomic E-state index is 11.6. The molecule has 2 N–H and O–H groups in total. The summed E-state index contributed by atoms with van der Waals surface area (Å²) in [4.78, 5) is 11.6. The smallest absolute Gasteiger partial charge is 0.255 e. The number of nitrogens with one attached hydrogen (secondary N) is 1. The third-order valence-corrected chi connectivity index (χ3v) is 1.80. The standard InChI is InChI=1S/C10H8N2O3/c13-9-3-1-2-7(4-9)10(14)12-8-5-11-15-6-8/h1-6,13H,(H,12,14). The van der Waals surface area contributed by atoms with Gasteiger partial charge in [-0.2, -0.15) is 0 Å². The van der Waals surface area contributed by atoms with Crippen molar-refractivity contribution >= 4 is 11.6 Å². The number of anilines is 1. The van der Waals surface area contributed by atoms with Crippen LogP contribution in [0.3, 0.4) is 0 Å². The Balaban J connectivity index is 2.15. The van der Waals surface area contributed by atoms with Crippen LogP contribution in [0.4, 0.5) is 5.69 Å². The van der Waals surface area contributed by atoms with Crippen molar-refractivity contribution in [1.29, 1.82) is 0 Å². The van der Waals surface area contributed by atoms with Gasteiger partial charge in [0.15, 0.2) is 0 Å². The van der Waals surface area contributed by atoms with E-state index in [0.717, 1.165) is 0 Å². The Morgan fingerprint density at radius 1 is 1.47 bits per heavy atom. The van der Waals surface area contributed by atoms with Crippen LogP contribution in [0.15, 0.2) is 41.2 Å². The molecule has 76 valence electrons. The summed E-state index contributed by atoms with van der Waals surface area (Å²) in [6.45, 7) is 0. The minimum atomic E-state index is -0.325. The van der Waals surface area contributed by atoms with E-state index in [2.05, 4.69) is 15.0 Å². The van der Waals surface area contributed by atoms with E-state index in [1.807, 2.05) is 0 Å². The highest BCUT2D eigenvalue weighted by Crippen LogP contribution is 2.13. The van der Waals surface area contributed by atoms with Crippen LogP contribution in [0.2, 0.25) is 0 Å².